The third-order valence-corrected chi connectivity index (χ3v) is 5.98. The summed E-state index contributed by atoms with van der Waals surface area (Å²) in [7, 11) is 1.57. The average molecular weight is 423 g/mol. The van der Waals surface area contributed by atoms with Gasteiger partial charge in [0.1, 0.15) is 0 Å². The van der Waals surface area contributed by atoms with Crippen molar-refractivity contribution >= 4 is 44.4 Å². The number of anilines is 1. The second-order valence-corrected chi connectivity index (χ2v) is 8.03. The van der Waals surface area contributed by atoms with Gasteiger partial charge in [-0.15, -0.1) is 0 Å². The summed E-state index contributed by atoms with van der Waals surface area (Å²) in [6.07, 6.45) is 1.49. The van der Waals surface area contributed by atoms with E-state index in [1.54, 1.807) is 13.2 Å². The number of nitrogens with zero attached hydrogens (tertiary/aromatic N) is 2. The summed E-state index contributed by atoms with van der Waals surface area (Å²) in [5, 5.41) is 3.29. The van der Waals surface area contributed by atoms with Crippen molar-refractivity contribution in [3.63, 3.8) is 0 Å². The number of ether oxygens (including phenoxy) is 1. The molecule has 8 heteroatoms. The number of imide groups is 1. The zero-order chi connectivity index (χ0) is 21.3. The first-order chi connectivity index (χ1) is 14.5. The summed E-state index contributed by atoms with van der Waals surface area (Å²) >= 11 is 1.40. The van der Waals surface area contributed by atoms with Crippen LogP contribution < -0.4 is 5.32 Å². The van der Waals surface area contributed by atoms with Crippen LogP contribution in [0.1, 0.15) is 50.0 Å². The summed E-state index contributed by atoms with van der Waals surface area (Å²) in [6.45, 7) is 2.83. The Bertz CT molecular complexity index is 1150. The molecule has 0 aliphatic carbocycles. The first kappa shape index (κ1) is 20.2. The van der Waals surface area contributed by atoms with Gasteiger partial charge < -0.3 is 4.74 Å². The van der Waals surface area contributed by atoms with E-state index >= 15 is 0 Å². The largest absolute Gasteiger partial charge is 0.385 e. The number of thiazole rings is 1. The fourth-order valence-electron chi connectivity index (χ4n) is 3.41. The van der Waals surface area contributed by atoms with Crippen molar-refractivity contribution in [3.05, 3.63) is 58.7 Å². The lowest BCUT2D eigenvalue weighted by molar-refractivity contribution is 0.0638. The fourth-order valence-corrected chi connectivity index (χ4v) is 4.34. The molecule has 0 saturated heterocycles. The molecule has 154 valence electrons. The SMILES string of the molecule is CCc1ccc2nc(NC(=O)c3ccc4c(c3)C(=O)N(CCCOC)C4=O)sc2c1. The van der Waals surface area contributed by atoms with Gasteiger partial charge in [-0.1, -0.05) is 24.3 Å². The molecule has 1 aromatic heterocycles. The lowest BCUT2D eigenvalue weighted by Crippen LogP contribution is -2.31. The Morgan fingerprint density at radius 2 is 1.93 bits per heavy atom. The normalized spacial score (nSPS) is 13.2. The van der Waals surface area contributed by atoms with Crippen molar-refractivity contribution in [2.24, 2.45) is 0 Å². The van der Waals surface area contributed by atoms with Gasteiger partial charge >= 0.3 is 0 Å². The summed E-state index contributed by atoms with van der Waals surface area (Å²) in [5.74, 6) is -1.09. The molecule has 3 amide bonds. The van der Waals surface area contributed by atoms with E-state index in [-0.39, 0.29) is 29.8 Å². The minimum absolute atomic E-state index is 0.252. The molecule has 4 rings (SSSR count). The summed E-state index contributed by atoms with van der Waals surface area (Å²) in [5.41, 5.74) is 2.92. The van der Waals surface area contributed by atoms with E-state index in [0.29, 0.717) is 29.3 Å². The zero-order valence-corrected chi connectivity index (χ0v) is 17.5. The van der Waals surface area contributed by atoms with Crippen LogP contribution >= 0.6 is 11.3 Å². The number of benzene rings is 2. The lowest BCUT2D eigenvalue weighted by atomic mass is 10.1. The highest BCUT2D eigenvalue weighted by molar-refractivity contribution is 7.22. The molecule has 0 fully saturated rings. The third kappa shape index (κ3) is 3.71. The standard InChI is InChI=1S/C22H21N3O4S/c1-3-13-5-8-17-18(11-13)30-22(23-17)24-19(26)14-6-7-15-16(12-14)21(28)25(20(15)27)9-4-10-29-2/h5-8,11-12H,3-4,9-10H2,1-2H3,(H,23,24,26). The Labute approximate surface area is 177 Å². The smallest absolute Gasteiger partial charge is 0.261 e. The Kier molecular flexibility index (Phi) is 5.61. The second-order valence-electron chi connectivity index (χ2n) is 7.00. The number of hydrogen-bond donors (Lipinski definition) is 1. The molecule has 30 heavy (non-hydrogen) atoms. The molecule has 0 radical (unpaired) electrons. The number of fused-ring (bicyclic) bond motifs is 2. The number of amides is 3. The predicted octanol–water partition coefficient (Wildman–Crippen LogP) is 3.74. The van der Waals surface area contributed by atoms with E-state index in [0.717, 1.165) is 16.6 Å². The highest BCUT2D eigenvalue weighted by Gasteiger charge is 2.35. The minimum atomic E-state index is -0.382. The number of aryl methyl sites for hydroxylation is 1. The molecule has 0 saturated carbocycles. The Morgan fingerprint density at radius 1 is 1.13 bits per heavy atom. The topological polar surface area (TPSA) is 88.6 Å². The van der Waals surface area contributed by atoms with Crippen LogP contribution in [0.2, 0.25) is 0 Å². The Balaban J connectivity index is 1.53. The first-order valence-corrected chi connectivity index (χ1v) is 10.5. The molecule has 3 aromatic rings. The molecule has 0 spiro atoms. The van der Waals surface area contributed by atoms with Gasteiger partial charge in [-0.05, 0) is 48.7 Å². The molecule has 2 heterocycles. The lowest BCUT2D eigenvalue weighted by Gasteiger charge is -2.12. The molecule has 0 atom stereocenters. The van der Waals surface area contributed by atoms with E-state index in [1.807, 2.05) is 12.1 Å². The van der Waals surface area contributed by atoms with Crippen molar-refractivity contribution in [3.8, 4) is 0 Å². The van der Waals surface area contributed by atoms with Gasteiger partial charge in [0.25, 0.3) is 17.7 Å². The number of carbonyl (C=O) groups is 3. The van der Waals surface area contributed by atoms with Crippen molar-refractivity contribution in [1.82, 2.24) is 9.88 Å². The number of nitrogens with one attached hydrogen (secondary N) is 1. The van der Waals surface area contributed by atoms with Crippen molar-refractivity contribution in [2.75, 3.05) is 25.6 Å². The maximum Gasteiger partial charge on any atom is 0.261 e. The van der Waals surface area contributed by atoms with Crippen LogP contribution in [0.3, 0.4) is 0 Å². The van der Waals surface area contributed by atoms with Crippen molar-refractivity contribution in [1.29, 1.82) is 0 Å². The second kappa shape index (κ2) is 8.33. The molecule has 2 aromatic carbocycles. The number of hydrogen-bond acceptors (Lipinski definition) is 6. The number of aromatic nitrogens is 1. The fraction of sp³-hybridized carbons (Fsp3) is 0.273. The van der Waals surface area contributed by atoms with Crippen LogP contribution in [0.4, 0.5) is 5.13 Å². The van der Waals surface area contributed by atoms with Crippen LogP contribution in [-0.4, -0.2) is 47.9 Å². The number of carbonyl (C=O) groups excluding carboxylic acids is 3. The van der Waals surface area contributed by atoms with Crippen LogP contribution in [-0.2, 0) is 11.2 Å². The molecule has 0 unspecified atom stereocenters. The summed E-state index contributed by atoms with van der Waals surface area (Å²) in [6, 6.07) is 10.6. The Morgan fingerprint density at radius 3 is 2.70 bits per heavy atom. The first-order valence-electron chi connectivity index (χ1n) is 9.71. The van der Waals surface area contributed by atoms with Gasteiger partial charge in [-0.25, -0.2) is 4.98 Å². The zero-order valence-electron chi connectivity index (χ0n) is 16.7. The van der Waals surface area contributed by atoms with Crippen LogP contribution in [0, 0.1) is 0 Å². The highest BCUT2D eigenvalue weighted by atomic mass is 32.1. The molecule has 1 N–H and O–H groups in total. The van der Waals surface area contributed by atoms with Gasteiger partial charge in [0.15, 0.2) is 5.13 Å². The van der Waals surface area contributed by atoms with Gasteiger partial charge in [0.05, 0.1) is 21.3 Å². The van der Waals surface area contributed by atoms with E-state index < -0.39 is 0 Å². The molecule has 0 bridgehead atoms. The maximum absolute atomic E-state index is 12.7. The molecule has 1 aliphatic rings. The highest BCUT2D eigenvalue weighted by Crippen LogP contribution is 2.28. The van der Waals surface area contributed by atoms with Gasteiger partial charge in [0, 0.05) is 25.8 Å². The molecule has 1 aliphatic heterocycles. The quantitative estimate of drug-likeness (QED) is 0.462. The summed E-state index contributed by atoms with van der Waals surface area (Å²) in [4.78, 5) is 43.5. The van der Waals surface area contributed by atoms with Crippen LogP contribution in [0.15, 0.2) is 36.4 Å². The van der Waals surface area contributed by atoms with E-state index in [1.165, 1.54) is 33.9 Å². The molecular weight excluding hydrogens is 402 g/mol. The van der Waals surface area contributed by atoms with Gasteiger partial charge in [0.2, 0.25) is 0 Å². The van der Waals surface area contributed by atoms with Crippen LogP contribution in [0.25, 0.3) is 10.2 Å². The average Bonchev–Trinajstić information content (AvgIpc) is 3.26. The third-order valence-electron chi connectivity index (χ3n) is 5.04. The molecule has 7 nitrogen and oxygen atoms in total. The number of rotatable bonds is 7. The van der Waals surface area contributed by atoms with Gasteiger partial charge in [-0.3, -0.25) is 24.6 Å². The monoisotopic (exact) mass is 423 g/mol. The number of methoxy groups -OCH3 is 1. The maximum atomic E-state index is 12.7. The van der Waals surface area contributed by atoms with Gasteiger partial charge in [-0.2, -0.15) is 0 Å². The van der Waals surface area contributed by atoms with E-state index in [4.69, 9.17) is 4.74 Å². The Hall–Kier alpha value is -3.10. The molecular formula is C22H21N3O4S. The van der Waals surface area contributed by atoms with E-state index in [2.05, 4.69) is 23.3 Å². The van der Waals surface area contributed by atoms with E-state index in [9.17, 15) is 14.4 Å². The minimum Gasteiger partial charge on any atom is -0.385 e. The van der Waals surface area contributed by atoms with Crippen LogP contribution in [0.5, 0.6) is 0 Å². The van der Waals surface area contributed by atoms with Crippen molar-refractivity contribution in [2.45, 2.75) is 19.8 Å². The predicted molar refractivity (Wildman–Crippen MR) is 115 cm³/mol. The van der Waals surface area contributed by atoms with Crippen molar-refractivity contribution < 1.29 is 19.1 Å². The summed E-state index contributed by atoms with van der Waals surface area (Å²) < 4.78 is 5.99.